The monoisotopic (exact) mass is 451 g/mol. The van der Waals surface area contributed by atoms with Crippen molar-refractivity contribution >= 4 is 23.1 Å². The Hall–Kier alpha value is -3.01. The fraction of sp³-hybridized carbons (Fsp3) is 0.333. The van der Waals surface area contributed by atoms with E-state index in [2.05, 4.69) is 26.9 Å². The van der Waals surface area contributed by atoms with Crippen LogP contribution in [0.5, 0.6) is 0 Å². The number of alkyl halides is 3. The van der Waals surface area contributed by atoms with E-state index < -0.39 is 22.7 Å². The molecule has 2 aromatic rings. The van der Waals surface area contributed by atoms with Crippen LogP contribution in [0.2, 0.25) is 0 Å². The van der Waals surface area contributed by atoms with Gasteiger partial charge >= 0.3 is 6.18 Å². The lowest BCUT2D eigenvalue weighted by molar-refractivity contribution is -0.141. The van der Waals surface area contributed by atoms with Gasteiger partial charge < -0.3 is 11.1 Å². The molecule has 0 bridgehead atoms. The fourth-order valence-corrected chi connectivity index (χ4v) is 3.75. The Morgan fingerprint density at radius 3 is 2.74 bits per heavy atom. The molecule has 0 aliphatic heterocycles. The molecule has 0 saturated carbocycles. The Bertz CT molecular complexity index is 952. The highest BCUT2D eigenvalue weighted by Crippen LogP contribution is 2.34. The van der Waals surface area contributed by atoms with Gasteiger partial charge in [-0.2, -0.15) is 13.2 Å². The molecule has 10 heteroatoms. The molecule has 0 fully saturated rings. The Morgan fingerprint density at radius 2 is 2.16 bits per heavy atom. The predicted molar refractivity (Wildman–Crippen MR) is 116 cm³/mol. The van der Waals surface area contributed by atoms with Crippen molar-refractivity contribution in [3.8, 4) is 0 Å². The van der Waals surface area contributed by atoms with Gasteiger partial charge in [-0.3, -0.25) is 9.78 Å². The molecule has 0 aliphatic carbocycles. The largest absolute Gasteiger partial charge is 0.435 e. The lowest BCUT2D eigenvalue weighted by Crippen LogP contribution is -2.30. The van der Waals surface area contributed by atoms with Gasteiger partial charge in [-0.05, 0) is 30.0 Å². The van der Waals surface area contributed by atoms with Crippen LogP contribution in [0.25, 0.3) is 0 Å². The van der Waals surface area contributed by atoms with Crippen molar-refractivity contribution in [3.63, 3.8) is 0 Å². The molecule has 0 spiro atoms. The second-order valence-electron chi connectivity index (χ2n) is 7.11. The summed E-state index contributed by atoms with van der Waals surface area (Å²) in [5.74, 6) is -0.846. The number of carbonyl (C=O) groups is 1. The first-order valence-corrected chi connectivity index (χ1v) is 10.3. The van der Waals surface area contributed by atoms with Crippen LogP contribution >= 0.6 is 11.3 Å². The zero-order valence-corrected chi connectivity index (χ0v) is 18.0. The summed E-state index contributed by atoms with van der Waals surface area (Å²) in [6.07, 6.45) is 3.45. The van der Waals surface area contributed by atoms with Crippen LogP contribution in [-0.2, 0) is 6.18 Å². The van der Waals surface area contributed by atoms with Crippen LogP contribution < -0.4 is 11.1 Å². The molecule has 1 amide bonds. The first-order valence-electron chi connectivity index (χ1n) is 9.50. The fourth-order valence-electron chi connectivity index (χ4n) is 2.84. The van der Waals surface area contributed by atoms with Crippen LogP contribution in [0.15, 0.2) is 54.4 Å². The highest BCUT2D eigenvalue weighted by Gasteiger charge is 2.40. The average Bonchev–Trinajstić information content (AvgIpc) is 3.18. The molecule has 6 nitrogen and oxygen atoms in total. The Balaban J connectivity index is 2.27. The van der Waals surface area contributed by atoms with Gasteiger partial charge in [0.25, 0.3) is 5.91 Å². The van der Waals surface area contributed by atoms with Gasteiger partial charge in [0.2, 0.25) is 0 Å². The van der Waals surface area contributed by atoms with E-state index in [9.17, 15) is 18.0 Å². The average molecular weight is 452 g/mol. The van der Waals surface area contributed by atoms with E-state index in [-0.39, 0.29) is 23.3 Å². The number of nitrogens with two attached hydrogens (primary N) is 1. The summed E-state index contributed by atoms with van der Waals surface area (Å²) >= 11 is 0.551. The van der Waals surface area contributed by atoms with Crippen LogP contribution in [-0.4, -0.2) is 28.3 Å². The molecule has 0 radical (unpaired) electrons. The number of halogens is 3. The second-order valence-corrected chi connectivity index (χ2v) is 8.11. The number of carbonyl (C=O) groups excluding carboxylic acids is 1. The number of amides is 1. The second kappa shape index (κ2) is 10.9. The van der Waals surface area contributed by atoms with E-state index in [1.807, 2.05) is 19.9 Å². The summed E-state index contributed by atoms with van der Waals surface area (Å²) < 4.78 is 40.4. The maximum atomic E-state index is 13.5. The zero-order valence-electron chi connectivity index (χ0n) is 17.2. The summed E-state index contributed by atoms with van der Waals surface area (Å²) in [5, 5.41) is 2.43. The number of pyridine rings is 1. The first-order chi connectivity index (χ1) is 14.6. The van der Waals surface area contributed by atoms with Gasteiger partial charge in [-0.25, -0.2) is 9.98 Å². The van der Waals surface area contributed by atoms with Crippen molar-refractivity contribution in [3.05, 3.63) is 70.6 Å². The number of amidine groups is 1. The Kier molecular flexibility index (Phi) is 8.49. The molecular weight excluding hydrogens is 427 g/mol. The topological polar surface area (TPSA) is 93.3 Å². The summed E-state index contributed by atoms with van der Waals surface area (Å²) in [7, 11) is 0. The number of aliphatic imine (C=N–C) groups is 1. The maximum Gasteiger partial charge on any atom is 0.435 e. The van der Waals surface area contributed by atoms with Gasteiger partial charge in [0.15, 0.2) is 16.5 Å². The molecule has 2 aromatic heterocycles. The number of hydrogen-bond acceptors (Lipinski definition) is 5. The lowest BCUT2D eigenvalue weighted by atomic mass is 9.91. The minimum atomic E-state index is -4.81. The number of nitrogens with one attached hydrogen (secondary N) is 1. The van der Waals surface area contributed by atoms with Crippen LogP contribution in [0, 0.1) is 5.92 Å². The van der Waals surface area contributed by atoms with E-state index in [4.69, 9.17) is 5.73 Å². The summed E-state index contributed by atoms with van der Waals surface area (Å²) in [6, 6.07) is 3.66. The molecule has 31 heavy (non-hydrogen) atoms. The van der Waals surface area contributed by atoms with E-state index in [1.165, 1.54) is 18.4 Å². The Morgan fingerprint density at radius 1 is 1.42 bits per heavy atom. The maximum absolute atomic E-state index is 13.5. The molecule has 0 saturated heterocycles. The molecular formula is C21H24F3N5OS. The third kappa shape index (κ3) is 7.02. The molecule has 0 aliphatic rings. The summed E-state index contributed by atoms with van der Waals surface area (Å²) in [4.78, 5) is 23.5. The van der Waals surface area contributed by atoms with Crippen molar-refractivity contribution in [2.75, 3.05) is 6.54 Å². The summed E-state index contributed by atoms with van der Waals surface area (Å²) in [5.41, 5.74) is 5.35. The van der Waals surface area contributed by atoms with Crippen molar-refractivity contribution in [2.45, 2.75) is 32.4 Å². The van der Waals surface area contributed by atoms with Gasteiger partial charge in [0.1, 0.15) is 4.88 Å². The van der Waals surface area contributed by atoms with Crippen LogP contribution in [0.3, 0.4) is 0 Å². The highest BCUT2D eigenvalue weighted by atomic mass is 32.1. The van der Waals surface area contributed by atoms with Crippen LogP contribution in [0.4, 0.5) is 13.2 Å². The van der Waals surface area contributed by atoms with E-state index in [0.29, 0.717) is 17.3 Å². The van der Waals surface area contributed by atoms with E-state index in [1.54, 1.807) is 18.5 Å². The molecule has 166 valence electrons. The van der Waals surface area contributed by atoms with Crippen molar-refractivity contribution in [2.24, 2.45) is 16.6 Å². The number of thiazole rings is 1. The van der Waals surface area contributed by atoms with E-state index >= 15 is 0 Å². The van der Waals surface area contributed by atoms with Gasteiger partial charge in [0.05, 0.1) is 0 Å². The predicted octanol–water partition coefficient (Wildman–Crippen LogP) is 4.52. The number of aromatic nitrogens is 2. The minimum absolute atomic E-state index is 0.0879. The normalized spacial score (nSPS) is 13.5. The number of nitrogens with zero attached hydrogens (tertiary/aromatic N) is 3. The third-order valence-electron chi connectivity index (χ3n) is 4.18. The lowest BCUT2D eigenvalue weighted by Gasteiger charge is -2.19. The molecule has 1 atom stereocenters. The van der Waals surface area contributed by atoms with Crippen molar-refractivity contribution in [1.29, 1.82) is 0 Å². The van der Waals surface area contributed by atoms with Gasteiger partial charge in [-0.1, -0.05) is 32.6 Å². The number of rotatable bonds is 9. The standard InChI is InChI=1S/C21H24F3N5OS/c1-4-5-9-27-18(25)20-29-17(21(22,23)24)16(31-20)19(30)28-12-15(10-13(2)3)14-7-6-8-26-11-14/h4-9,11,13,15H,1,10,12H2,2-3H3,(H2,25,27)(H,28,30)/b9-5-. The molecule has 0 aromatic carbocycles. The summed E-state index contributed by atoms with van der Waals surface area (Å²) in [6.45, 7) is 7.69. The molecule has 2 rings (SSSR count). The Labute approximate surface area is 182 Å². The van der Waals surface area contributed by atoms with Crippen molar-refractivity contribution in [1.82, 2.24) is 15.3 Å². The molecule has 2 heterocycles. The molecule has 3 N–H and O–H groups in total. The number of hydrogen-bond donors (Lipinski definition) is 2. The SMILES string of the molecule is C=C/C=C\N=C(N)c1nc(C(F)(F)F)c(C(=O)NCC(CC(C)C)c2cccnc2)s1. The quantitative estimate of drug-likeness (QED) is 0.333. The zero-order chi connectivity index (χ0) is 23.0. The highest BCUT2D eigenvalue weighted by molar-refractivity contribution is 7.15. The first kappa shape index (κ1) is 24.3. The minimum Gasteiger partial charge on any atom is -0.381 e. The third-order valence-corrected chi connectivity index (χ3v) is 5.25. The number of allylic oxidation sites excluding steroid dienone is 2. The van der Waals surface area contributed by atoms with E-state index in [0.717, 1.165) is 12.0 Å². The van der Waals surface area contributed by atoms with Crippen LogP contribution in [0.1, 0.15) is 52.1 Å². The van der Waals surface area contributed by atoms with Gasteiger partial charge in [0, 0.05) is 31.1 Å². The molecule has 1 unspecified atom stereocenters. The van der Waals surface area contributed by atoms with Gasteiger partial charge in [-0.15, -0.1) is 11.3 Å². The van der Waals surface area contributed by atoms with Crippen molar-refractivity contribution < 1.29 is 18.0 Å². The smallest absolute Gasteiger partial charge is 0.381 e.